The number of hydrogen-bond acceptors (Lipinski definition) is 6. The largest absolute Gasteiger partial charge is 0.364 e. The molecule has 1 amide bonds. The van der Waals surface area contributed by atoms with Crippen LogP contribution in [0.5, 0.6) is 0 Å². The Morgan fingerprint density at radius 1 is 1.34 bits per heavy atom. The molecule has 0 spiro atoms. The van der Waals surface area contributed by atoms with Crippen molar-refractivity contribution in [3.63, 3.8) is 0 Å². The fraction of sp³-hybridized carbons (Fsp3) is 0.550. The van der Waals surface area contributed by atoms with Crippen molar-refractivity contribution in [2.45, 2.75) is 38.0 Å². The molecule has 0 bridgehead atoms. The molecule has 2 aliphatic heterocycles. The number of pyridine rings is 1. The van der Waals surface area contributed by atoms with Gasteiger partial charge in [0.2, 0.25) is 0 Å². The zero-order chi connectivity index (χ0) is 20.5. The molecule has 4 heterocycles. The first-order chi connectivity index (χ1) is 14.0. The Kier molecular flexibility index (Phi) is 5.39. The first kappa shape index (κ1) is 19.6. The number of likely N-dealkylation sites (tertiary alicyclic amines) is 1. The van der Waals surface area contributed by atoms with Crippen LogP contribution in [-0.4, -0.2) is 71.9 Å². The number of piperidine rings is 1. The van der Waals surface area contributed by atoms with Gasteiger partial charge >= 0.3 is 0 Å². The Labute approximate surface area is 168 Å². The summed E-state index contributed by atoms with van der Waals surface area (Å²) in [5.41, 5.74) is 1.10. The Morgan fingerprint density at radius 2 is 2.10 bits per heavy atom. The molecule has 0 aromatic carbocycles. The molecule has 2 saturated heterocycles. The second kappa shape index (κ2) is 7.97. The van der Waals surface area contributed by atoms with Crippen molar-refractivity contribution in [2.24, 2.45) is 0 Å². The van der Waals surface area contributed by atoms with E-state index < -0.39 is 11.9 Å². The lowest BCUT2D eigenvalue weighted by molar-refractivity contribution is -0.138. The molecule has 8 nitrogen and oxygen atoms in total. The number of carbonyl (C=O) groups excluding carboxylic acids is 1. The Bertz CT molecular complexity index is 946. The van der Waals surface area contributed by atoms with Gasteiger partial charge in [-0.15, -0.1) is 0 Å². The molecular formula is C20H25FN6O2. The Balaban J connectivity index is 1.54. The summed E-state index contributed by atoms with van der Waals surface area (Å²) in [6.45, 7) is 4.65. The molecule has 2 atom stereocenters. The van der Waals surface area contributed by atoms with Crippen LogP contribution < -0.4 is 10.2 Å². The molecule has 4 rings (SSSR count). The number of amides is 1. The predicted molar refractivity (Wildman–Crippen MR) is 105 cm³/mol. The van der Waals surface area contributed by atoms with Crippen LogP contribution in [-0.2, 0) is 9.53 Å². The maximum absolute atomic E-state index is 14.4. The highest BCUT2D eigenvalue weighted by Gasteiger charge is 2.33. The van der Waals surface area contributed by atoms with Crippen molar-refractivity contribution >= 4 is 17.1 Å². The molecule has 2 aromatic rings. The van der Waals surface area contributed by atoms with Gasteiger partial charge in [0, 0.05) is 12.6 Å². The first-order valence-corrected chi connectivity index (χ1v) is 9.92. The number of fused-ring (bicyclic) bond motifs is 1. The van der Waals surface area contributed by atoms with Crippen molar-refractivity contribution in [3.05, 3.63) is 29.8 Å². The normalized spacial score (nSPS) is 23.9. The molecule has 2 aliphatic rings. The fourth-order valence-electron chi connectivity index (χ4n) is 4.13. The highest BCUT2D eigenvalue weighted by molar-refractivity contribution is 5.83. The summed E-state index contributed by atoms with van der Waals surface area (Å²) in [6.07, 6.45) is 2.11. The number of hydrogen-bond donors (Lipinski definition) is 1. The molecular weight excluding hydrogens is 375 g/mol. The number of morpholine rings is 1. The van der Waals surface area contributed by atoms with Gasteiger partial charge in [0.25, 0.3) is 5.91 Å². The summed E-state index contributed by atoms with van der Waals surface area (Å²) < 4.78 is 21.6. The average molecular weight is 400 g/mol. The van der Waals surface area contributed by atoms with Gasteiger partial charge in [0.05, 0.1) is 24.5 Å². The molecule has 29 heavy (non-hydrogen) atoms. The summed E-state index contributed by atoms with van der Waals surface area (Å²) in [5, 5.41) is 16.3. The van der Waals surface area contributed by atoms with E-state index in [9.17, 15) is 14.4 Å². The minimum atomic E-state index is -0.639. The van der Waals surface area contributed by atoms with Crippen LogP contribution in [0.25, 0.3) is 5.52 Å². The standard InChI is InChI=1S/C20H25FN6O2/c1-13-11-26(17-4-3-15(9-22)27-19(17)16(21)10-23-27)12-18(29-13)20(28)24-14-5-7-25(2)8-6-14/h3-4,10,13-14,18H,5-8,11-12H2,1-2H3,(H,24,28)/t13-,18-/m1/s1. The maximum Gasteiger partial charge on any atom is 0.251 e. The van der Waals surface area contributed by atoms with Crippen LogP contribution in [0.4, 0.5) is 10.1 Å². The third kappa shape index (κ3) is 3.91. The van der Waals surface area contributed by atoms with Gasteiger partial charge in [0.1, 0.15) is 17.3 Å². The van der Waals surface area contributed by atoms with Gasteiger partial charge < -0.3 is 19.9 Å². The maximum atomic E-state index is 14.4. The monoisotopic (exact) mass is 400 g/mol. The smallest absolute Gasteiger partial charge is 0.251 e. The van der Waals surface area contributed by atoms with Gasteiger partial charge in [0.15, 0.2) is 11.9 Å². The van der Waals surface area contributed by atoms with Crippen molar-refractivity contribution in [3.8, 4) is 6.07 Å². The number of halogens is 1. The summed E-state index contributed by atoms with van der Waals surface area (Å²) in [5.74, 6) is -0.627. The Hall–Kier alpha value is -2.70. The van der Waals surface area contributed by atoms with Crippen LogP contribution in [0.2, 0.25) is 0 Å². The summed E-state index contributed by atoms with van der Waals surface area (Å²) in [7, 11) is 2.08. The zero-order valence-electron chi connectivity index (χ0n) is 16.6. The van der Waals surface area contributed by atoms with Gasteiger partial charge in [-0.2, -0.15) is 10.4 Å². The van der Waals surface area contributed by atoms with E-state index >= 15 is 0 Å². The van der Waals surface area contributed by atoms with Crippen molar-refractivity contribution in [1.82, 2.24) is 19.8 Å². The number of nitrogens with one attached hydrogen (secondary N) is 1. The molecule has 0 unspecified atom stereocenters. The van der Waals surface area contributed by atoms with Gasteiger partial charge in [-0.3, -0.25) is 4.79 Å². The van der Waals surface area contributed by atoms with E-state index in [1.54, 1.807) is 12.1 Å². The molecule has 154 valence electrons. The van der Waals surface area contributed by atoms with Crippen LogP contribution in [0.15, 0.2) is 18.3 Å². The van der Waals surface area contributed by atoms with Crippen LogP contribution in [0.1, 0.15) is 25.5 Å². The van der Waals surface area contributed by atoms with E-state index in [0.717, 1.165) is 32.1 Å². The van der Waals surface area contributed by atoms with Crippen LogP contribution in [0, 0.1) is 17.1 Å². The van der Waals surface area contributed by atoms with E-state index in [1.807, 2.05) is 17.9 Å². The summed E-state index contributed by atoms with van der Waals surface area (Å²) >= 11 is 0. The molecule has 0 saturated carbocycles. The predicted octanol–water partition coefficient (Wildman–Crippen LogP) is 1.15. The lowest BCUT2D eigenvalue weighted by Gasteiger charge is -2.38. The van der Waals surface area contributed by atoms with E-state index in [0.29, 0.717) is 18.8 Å². The van der Waals surface area contributed by atoms with E-state index in [-0.39, 0.29) is 29.3 Å². The topological polar surface area (TPSA) is 85.9 Å². The SMILES string of the molecule is C[C@@H]1CN(c2ccc(C#N)n3ncc(F)c23)C[C@H](C(=O)NC2CCN(C)CC2)O1. The molecule has 2 fully saturated rings. The van der Waals surface area contributed by atoms with E-state index in [4.69, 9.17) is 4.74 Å². The first-order valence-electron chi connectivity index (χ1n) is 9.92. The van der Waals surface area contributed by atoms with Crippen LogP contribution in [0.3, 0.4) is 0 Å². The van der Waals surface area contributed by atoms with Crippen molar-refractivity contribution in [2.75, 3.05) is 38.1 Å². The number of aromatic nitrogens is 2. The third-order valence-corrected chi connectivity index (χ3v) is 5.67. The minimum absolute atomic E-state index is 0.130. The minimum Gasteiger partial charge on any atom is -0.364 e. The molecule has 0 aliphatic carbocycles. The third-order valence-electron chi connectivity index (χ3n) is 5.67. The number of rotatable bonds is 3. The number of anilines is 1. The summed E-state index contributed by atoms with van der Waals surface area (Å²) in [6, 6.07) is 5.50. The highest BCUT2D eigenvalue weighted by Crippen LogP contribution is 2.28. The lowest BCUT2D eigenvalue weighted by Crippen LogP contribution is -2.55. The zero-order valence-corrected chi connectivity index (χ0v) is 16.6. The fourth-order valence-corrected chi connectivity index (χ4v) is 4.13. The molecule has 9 heteroatoms. The lowest BCUT2D eigenvalue weighted by atomic mass is 10.0. The quantitative estimate of drug-likeness (QED) is 0.832. The second-order valence-electron chi connectivity index (χ2n) is 7.89. The van der Waals surface area contributed by atoms with Gasteiger partial charge in [-0.1, -0.05) is 0 Å². The summed E-state index contributed by atoms with van der Waals surface area (Å²) in [4.78, 5) is 17.0. The number of ether oxygens (including phenoxy) is 1. The van der Waals surface area contributed by atoms with E-state index in [1.165, 1.54) is 4.52 Å². The van der Waals surface area contributed by atoms with Crippen molar-refractivity contribution in [1.29, 1.82) is 5.26 Å². The molecule has 0 radical (unpaired) electrons. The van der Waals surface area contributed by atoms with Crippen molar-refractivity contribution < 1.29 is 13.9 Å². The number of carbonyl (C=O) groups is 1. The molecule has 2 aromatic heterocycles. The van der Waals surface area contributed by atoms with Crippen LogP contribution >= 0.6 is 0 Å². The number of nitrogens with zero attached hydrogens (tertiary/aromatic N) is 5. The van der Waals surface area contributed by atoms with Gasteiger partial charge in [-0.05, 0) is 52.0 Å². The highest BCUT2D eigenvalue weighted by atomic mass is 19.1. The molecule has 1 N–H and O–H groups in total. The second-order valence-corrected chi connectivity index (χ2v) is 7.89. The van der Waals surface area contributed by atoms with E-state index in [2.05, 4.69) is 22.4 Å². The van der Waals surface area contributed by atoms with Gasteiger partial charge in [-0.25, -0.2) is 8.91 Å². The Morgan fingerprint density at radius 3 is 2.83 bits per heavy atom. The number of nitriles is 1. The average Bonchev–Trinajstić information content (AvgIpc) is 3.10.